The second-order valence-corrected chi connectivity index (χ2v) is 6.44. The van der Waals surface area contributed by atoms with Gasteiger partial charge in [0.15, 0.2) is 0 Å². The summed E-state index contributed by atoms with van der Waals surface area (Å²) in [6.45, 7) is 6.15. The number of hydrogen-bond donors (Lipinski definition) is 1. The van der Waals surface area contributed by atoms with E-state index in [1.165, 1.54) is 0 Å². The van der Waals surface area contributed by atoms with E-state index >= 15 is 0 Å². The van der Waals surface area contributed by atoms with E-state index < -0.39 is 0 Å². The van der Waals surface area contributed by atoms with Crippen LogP contribution in [-0.4, -0.2) is 48.6 Å². The Kier molecular flexibility index (Phi) is 2.46. The summed E-state index contributed by atoms with van der Waals surface area (Å²) in [5.41, 5.74) is 6.42. The molecule has 2 fully saturated rings. The van der Waals surface area contributed by atoms with E-state index in [1.54, 1.807) is 4.90 Å². The zero-order chi connectivity index (χ0) is 12.1. The lowest BCUT2D eigenvalue weighted by Crippen LogP contribution is -2.41. The fourth-order valence-corrected chi connectivity index (χ4v) is 3.61. The van der Waals surface area contributed by atoms with Gasteiger partial charge in [-0.2, -0.15) is 0 Å². The van der Waals surface area contributed by atoms with Crippen molar-refractivity contribution in [3.05, 3.63) is 0 Å². The van der Waals surface area contributed by atoms with Crippen LogP contribution in [0.2, 0.25) is 0 Å². The number of likely N-dealkylation sites (tertiary alicyclic amines) is 1. The summed E-state index contributed by atoms with van der Waals surface area (Å²) in [6.07, 6.45) is 2.07. The molecular formula is C12H23N3O. The molecular weight excluding hydrogens is 202 g/mol. The van der Waals surface area contributed by atoms with E-state index in [1.807, 2.05) is 19.0 Å². The number of fused-ring (bicyclic) bond motifs is 1. The van der Waals surface area contributed by atoms with E-state index in [-0.39, 0.29) is 17.0 Å². The molecule has 0 aromatic carbocycles. The van der Waals surface area contributed by atoms with E-state index in [9.17, 15) is 4.79 Å². The molecule has 0 unspecified atom stereocenters. The highest BCUT2D eigenvalue weighted by molar-refractivity contribution is 5.74. The predicted octanol–water partition coefficient (Wildman–Crippen LogP) is 1.12. The Balaban J connectivity index is 2.08. The number of nitrogens with zero attached hydrogens (tertiary/aromatic N) is 2. The molecule has 1 aliphatic heterocycles. The van der Waals surface area contributed by atoms with Gasteiger partial charge in [-0.3, -0.25) is 0 Å². The number of rotatable bonds is 0. The largest absolute Gasteiger partial charge is 0.331 e. The molecule has 2 aliphatic rings. The minimum absolute atomic E-state index is 0.0350. The molecule has 0 radical (unpaired) electrons. The van der Waals surface area contributed by atoms with Crippen LogP contribution in [0.5, 0.6) is 0 Å². The molecule has 4 nitrogen and oxygen atoms in total. The first-order valence-corrected chi connectivity index (χ1v) is 5.99. The first-order valence-electron chi connectivity index (χ1n) is 5.99. The molecule has 4 heteroatoms. The van der Waals surface area contributed by atoms with Crippen LogP contribution in [0.3, 0.4) is 0 Å². The van der Waals surface area contributed by atoms with Crippen molar-refractivity contribution in [2.45, 2.75) is 32.2 Å². The smallest absolute Gasteiger partial charge is 0.319 e. The fourth-order valence-electron chi connectivity index (χ4n) is 3.61. The minimum atomic E-state index is -0.0350. The van der Waals surface area contributed by atoms with Crippen molar-refractivity contribution in [2.24, 2.45) is 17.1 Å². The van der Waals surface area contributed by atoms with Crippen LogP contribution in [0.15, 0.2) is 0 Å². The van der Waals surface area contributed by atoms with Gasteiger partial charge in [0, 0.05) is 32.7 Å². The highest BCUT2D eigenvalue weighted by Crippen LogP contribution is 2.51. The fraction of sp³-hybridized carbons (Fsp3) is 0.917. The van der Waals surface area contributed by atoms with Gasteiger partial charge in [-0.1, -0.05) is 6.92 Å². The van der Waals surface area contributed by atoms with Crippen molar-refractivity contribution in [1.82, 2.24) is 9.80 Å². The number of amides is 2. The highest BCUT2D eigenvalue weighted by atomic mass is 16.2. The van der Waals surface area contributed by atoms with Crippen LogP contribution < -0.4 is 5.73 Å². The van der Waals surface area contributed by atoms with E-state index in [0.29, 0.717) is 5.92 Å². The molecule has 0 aromatic heterocycles. The lowest BCUT2D eigenvalue weighted by molar-refractivity contribution is 0.171. The number of nitrogens with two attached hydrogens (primary N) is 1. The zero-order valence-electron chi connectivity index (χ0n) is 10.8. The SMILES string of the molecule is CN(C)C(=O)N1C[C@@H]2C[C@@](C)(N)C[C@]2(C)C1. The van der Waals surface area contributed by atoms with Gasteiger partial charge in [0.2, 0.25) is 0 Å². The second-order valence-electron chi connectivity index (χ2n) is 6.44. The van der Waals surface area contributed by atoms with Gasteiger partial charge in [-0.05, 0) is 31.1 Å². The molecule has 1 aliphatic carbocycles. The zero-order valence-corrected chi connectivity index (χ0v) is 10.8. The second kappa shape index (κ2) is 3.36. The molecule has 1 saturated carbocycles. The lowest BCUT2D eigenvalue weighted by Gasteiger charge is -2.28. The van der Waals surface area contributed by atoms with Crippen molar-refractivity contribution < 1.29 is 4.79 Å². The third-order valence-electron chi connectivity index (χ3n) is 4.15. The Hall–Kier alpha value is -0.770. The average Bonchev–Trinajstić information content (AvgIpc) is 2.49. The summed E-state index contributed by atoms with van der Waals surface area (Å²) >= 11 is 0. The Bertz CT molecular complexity index is 313. The van der Waals surface area contributed by atoms with Crippen molar-refractivity contribution in [2.75, 3.05) is 27.2 Å². The lowest BCUT2D eigenvalue weighted by atomic mass is 9.82. The van der Waals surface area contributed by atoms with Crippen molar-refractivity contribution >= 4 is 6.03 Å². The van der Waals surface area contributed by atoms with Crippen molar-refractivity contribution in [1.29, 1.82) is 0 Å². The predicted molar refractivity (Wildman–Crippen MR) is 64.1 cm³/mol. The van der Waals surface area contributed by atoms with E-state index in [0.717, 1.165) is 25.9 Å². The molecule has 3 atom stereocenters. The Morgan fingerprint density at radius 1 is 1.44 bits per heavy atom. The molecule has 1 saturated heterocycles. The number of hydrogen-bond acceptors (Lipinski definition) is 2. The quantitative estimate of drug-likeness (QED) is 0.671. The van der Waals surface area contributed by atoms with Crippen LogP contribution in [-0.2, 0) is 0 Å². The first kappa shape index (κ1) is 11.7. The van der Waals surface area contributed by atoms with Gasteiger partial charge >= 0.3 is 6.03 Å². The third-order valence-corrected chi connectivity index (χ3v) is 4.15. The molecule has 1 heterocycles. The Morgan fingerprint density at radius 3 is 2.56 bits per heavy atom. The maximum atomic E-state index is 11.9. The summed E-state index contributed by atoms with van der Waals surface area (Å²) < 4.78 is 0. The monoisotopic (exact) mass is 225 g/mol. The van der Waals surface area contributed by atoms with Crippen molar-refractivity contribution in [3.63, 3.8) is 0 Å². The van der Waals surface area contributed by atoms with Crippen LogP contribution >= 0.6 is 0 Å². The Morgan fingerprint density at radius 2 is 2.06 bits per heavy atom. The van der Waals surface area contributed by atoms with Gasteiger partial charge in [-0.15, -0.1) is 0 Å². The summed E-state index contributed by atoms with van der Waals surface area (Å²) in [6, 6.07) is 0.134. The topological polar surface area (TPSA) is 49.6 Å². The highest BCUT2D eigenvalue weighted by Gasteiger charge is 2.53. The van der Waals surface area contributed by atoms with Crippen LogP contribution in [0.4, 0.5) is 4.79 Å². The normalized spacial score (nSPS) is 42.3. The summed E-state index contributed by atoms with van der Waals surface area (Å²) in [5, 5.41) is 0. The molecule has 2 amide bonds. The standard InChI is InChI=1S/C12H23N3O/c1-11-7-12(2,13)5-9(11)6-15(8-11)10(16)14(3)4/h9H,5-8,13H2,1-4H3/t9-,11+,12+/m0/s1. The van der Waals surface area contributed by atoms with E-state index in [2.05, 4.69) is 13.8 Å². The van der Waals surface area contributed by atoms with Crippen LogP contribution in [0.25, 0.3) is 0 Å². The third kappa shape index (κ3) is 1.79. The molecule has 0 aromatic rings. The molecule has 0 spiro atoms. The summed E-state index contributed by atoms with van der Waals surface area (Å²) in [5.74, 6) is 0.575. The number of urea groups is 1. The molecule has 0 bridgehead atoms. The van der Waals surface area contributed by atoms with E-state index in [4.69, 9.17) is 5.73 Å². The summed E-state index contributed by atoms with van der Waals surface area (Å²) in [7, 11) is 3.62. The Labute approximate surface area is 97.8 Å². The van der Waals surface area contributed by atoms with Crippen molar-refractivity contribution in [3.8, 4) is 0 Å². The molecule has 2 N–H and O–H groups in total. The van der Waals surface area contributed by atoms with Crippen LogP contribution in [0.1, 0.15) is 26.7 Å². The molecule has 92 valence electrons. The van der Waals surface area contributed by atoms with Gasteiger partial charge in [0.25, 0.3) is 0 Å². The van der Waals surface area contributed by atoms with Gasteiger partial charge in [0.1, 0.15) is 0 Å². The maximum absolute atomic E-state index is 11.9. The van der Waals surface area contributed by atoms with Gasteiger partial charge in [0.05, 0.1) is 0 Å². The average molecular weight is 225 g/mol. The first-order chi connectivity index (χ1) is 7.23. The number of carbonyl (C=O) groups is 1. The summed E-state index contributed by atoms with van der Waals surface area (Å²) in [4.78, 5) is 15.5. The van der Waals surface area contributed by atoms with Gasteiger partial charge < -0.3 is 15.5 Å². The minimum Gasteiger partial charge on any atom is -0.331 e. The van der Waals surface area contributed by atoms with Gasteiger partial charge in [-0.25, -0.2) is 4.79 Å². The molecule has 16 heavy (non-hydrogen) atoms. The molecule has 2 rings (SSSR count). The van der Waals surface area contributed by atoms with Crippen LogP contribution in [0, 0.1) is 11.3 Å². The number of carbonyl (C=O) groups excluding carboxylic acids is 1. The maximum Gasteiger partial charge on any atom is 0.319 e.